The van der Waals surface area contributed by atoms with Crippen molar-refractivity contribution in [2.75, 3.05) is 13.2 Å². The summed E-state index contributed by atoms with van der Waals surface area (Å²) in [5.74, 6) is -1.50. The van der Waals surface area contributed by atoms with E-state index < -0.39 is 30.6 Å². The van der Waals surface area contributed by atoms with Crippen molar-refractivity contribution in [2.24, 2.45) is 5.73 Å². The van der Waals surface area contributed by atoms with Gasteiger partial charge in [-0.3, -0.25) is 4.79 Å². The zero-order valence-electron chi connectivity index (χ0n) is 7.72. The molecule has 0 radical (unpaired) electrons. The van der Waals surface area contributed by atoms with Gasteiger partial charge in [0.1, 0.15) is 12.1 Å². The van der Waals surface area contributed by atoms with E-state index in [4.69, 9.17) is 15.9 Å². The van der Waals surface area contributed by atoms with Crippen molar-refractivity contribution in [3.05, 3.63) is 0 Å². The van der Waals surface area contributed by atoms with Crippen molar-refractivity contribution >= 4 is 11.9 Å². The summed E-state index contributed by atoms with van der Waals surface area (Å²) in [6.45, 7) is -0.0504. The lowest BCUT2D eigenvalue weighted by atomic mass is 10.2. The van der Waals surface area contributed by atoms with Crippen LogP contribution in [-0.2, 0) is 9.59 Å². The van der Waals surface area contributed by atoms with Crippen LogP contribution in [-0.4, -0.2) is 52.2 Å². The van der Waals surface area contributed by atoms with Gasteiger partial charge in [0.05, 0.1) is 6.61 Å². The summed E-state index contributed by atoms with van der Waals surface area (Å²) in [5.41, 5.74) is 5.32. The van der Waals surface area contributed by atoms with Crippen molar-refractivity contribution in [2.45, 2.75) is 24.9 Å². The maximum atomic E-state index is 11.5. The number of carboxylic acid groups (broad SMARTS) is 1. The van der Waals surface area contributed by atoms with Gasteiger partial charge in [0.15, 0.2) is 0 Å². The van der Waals surface area contributed by atoms with Gasteiger partial charge in [0.2, 0.25) is 5.91 Å². The number of carboxylic acids is 1. The second kappa shape index (κ2) is 4.39. The SMILES string of the molecule is NC(CO)C(=O)N1CCC[C@H]1C(=O)O. The molecule has 4 N–H and O–H groups in total. The number of hydrogen-bond acceptors (Lipinski definition) is 4. The molecule has 1 amide bonds. The zero-order valence-corrected chi connectivity index (χ0v) is 7.72. The van der Waals surface area contributed by atoms with Crippen LogP contribution < -0.4 is 5.73 Å². The van der Waals surface area contributed by atoms with Gasteiger partial charge in [0.25, 0.3) is 0 Å². The maximum absolute atomic E-state index is 11.5. The van der Waals surface area contributed by atoms with Crippen LogP contribution in [0.2, 0.25) is 0 Å². The first-order valence-electron chi connectivity index (χ1n) is 4.47. The number of carbonyl (C=O) groups excluding carboxylic acids is 1. The molecule has 1 heterocycles. The first kappa shape index (κ1) is 10.9. The Hall–Kier alpha value is -1.14. The predicted molar refractivity (Wildman–Crippen MR) is 47.4 cm³/mol. The maximum Gasteiger partial charge on any atom is 0.326 e. The summed E-state index contributed by atoms with van der Waals surface area (Å²) in [6.07, 6.45) is 1.13. The predicted octanol–water partition coefficient (Wildman–Crippen LogP) is -1.62. The Morgan fingerprint density at radius 2 is 2.21 bits per heavy atom. The molecule has 0 aromatic heterocycles. The molecular formula is C8H14N2O4. The molecule has 2 atom stereocenters. The van der Waals surface area contributed by atoms with Crippen molar-refractivity contribution in [1.82, 2.24) is 4.90 Å². The summed E-state index contributed by atoms with van der Waals surface area (Å²) in [7, 11) is 0. The van der Waals surface area contributed by atoms with Crippen molar-refractivity contribution in [3.63, 3.8) is 0 Å². The molecule has 80 valence electrons. The fraction of sp³-hybridized carbons (Fsp3) is 0.750. The molecule has 1 fully saturated rings. The topological polar surface area (TPSA) is 104 Å². The van der Waals surface area contributed by atoms with Crippen LogP contribution in [0.25, 0.3) is 0 Å². The van der Waals surface area contributed by atoms with Gasteiger partial charge in [-0.1, -0.05) is 0 Å². The molecule has 6 nitrogen and oxygen atoms in total. The monoisotopic (exact) mass is 202 g/mol. The molecule has 0 saturated carbocycles. The standard InChI is InChI=1S/C8H14N2O4/c9-5(4-11)7(12)10-3-1-2-6(10)8(13)14/h5-6,11H,1-4,9H2,(H,13,14)/t5?,6-/m0/s1. The Morgan fingerprint density at radius 1 is 1.57 bits per heavy atom. The number of likely N-dealkylation sites (tertiary alicyclic amines) is 1. The smallest absolute Gasteiger partial charge is 0.326 e. The molecule has 1 aliphatic rings. The van der Waals surface area contributed by atoms with E-state index in [-0.39, 0.29) is 0 Å². The van der Waals surface area contributed by atoms with Crippen molar-refractivity contribution < 1.29 is 19.8 Å². The van der Waals surface area contributed by atoms with E-state index in [2.05, 4.69) is 0 Å². The van der Waals surface area contributed by atoms with Crippen molar-refractivity contribution in [1.29, 1.82) is 0 Å². The lowest BCUT2D eigenvalue weighted by molar-refractivity contribution is -0.149. The normalized spacial score (nSPS) is 23.6. The minimum atomic E-state index is -1.01. The molecule has 0 spiro atoms. The third-order valence-corrected chi connectivity index (χ3v) is 2.33. The van der Waals surface area contributed by atoms with Gasteiger partial charge in [-0.15, -0.1) is 0 Å². The number of rotatable bonds is 3. The van der Waals surface area contributed by atoms with E-state index in [9.17, 15) is 9.59 Å². The third-order valence-electron chi connectivity index (χ3n) is 2.33. The van der Waals surface area contributed by atoms with Crippen LogP contribution in [0.15, 0.2) is 0 Å². The number of nitrogens with zero attached hydrogens (tertiary/aromatic N) is 1. The fourth-order valence-corrected chi connectivity index (χ4v) is 1.58. The zero-order chi connectivity index (χ0) is 10.7. The number of aliphatic carboxylic acids is 1. The molecule has 0 bridgehead atoms. The highest BCUT2D eigenvalue weighted by Crippen LogP contribution is 2.17. The largest absolute Gasteiger partial charge is 0.480 e. The second-order valence-corrected chi connectivity index (χ2v) is 3.32. The molecule has 6 heteroatoms. The van der Waals surface area contributed by atoms with Crippen LogP contribution in [0.1, 0.15) is 12.8 Å². The quantitative estimate of drug-likeness (QED) is 0.510. The van der Waals surface area contributed by atoms with Gasteiger partial charge in [-0.05, 0) is 12.8 Å². The highest BCUT2D eigenvalue weighted by Gasteiger charge is 2.35. The highest BCUT2D eigenvalue weighted by molar-refractivity contribution is 5.87. The molecule has 1 rings (SSSR count). The second-order valence-electron chi connectivity index (χ2n) is 3.32. The van der Waals surface area contributed by atoms with Crippen LogP contribution in [0.3, 0.4) is 0 Å². The van der Waals surface area contributed by atoms with Gasteiger partial charge in [0, 0.05) is 6.54 Å². The van der Waals surface area contributed by atoms with Crippen LogP contribution in [0.5, 0.6) is 0 Å². The first-order valence-corrected chi connectivity index (χ1v) is 4.47. The third kappa shape index (κ3) is 2.02. The van der Waals surface area contributed by atoms with E-state index in [0.29, 0.717) is 19.4 Å². The summed E-state index contributed by atoms with van der Waals surface area (Å²) in [6, 6.07) is -1.78. The highest BCUT2D eigenvalue weighted by atomic mass is 16.4. The van der Waals surface area contributed by atoms with Gasteiger partial charge >= 0.3 is 5.97 Å². The van der Waals surface area contributed by atoms with Crippen molar-refractivity contribution in [3.8, 4) is 0 Å². The first-order chi connectivity index (χ1) is 6.57. The Morgan fingerprint density at radius 3 is 2.71 bits per heavy atom. The van der Waals surface area contributed by atoms with Gasteiger partial charge in [-0.25, -0.2) is 4.79 Å². The Labute approximate surface area is 81.3 Å². The van der Waals surface area contributed by atoms with Crippen LogP contribution >= 0.6 is 0 Å². The molecule has 1 unspecified atom stereocenters. The molecule has 1 saturated heterocycles. The number of hydrogen-bond donors (Lipinski definition) is 3. The van der Waals surface area contributed by atoms with Gasteiger partial charge in [-0.2, -0.15) is 0 Å². The van der Waals surface area contributed by atoms with Gasteiger partial charge < -0.3 is 20.8 Å². The van der Waals surface area contributed by atoms with Crippen LogP contribution in [0, 0.1) is 0 Å². The molecule has 0 aliphatic carbocycles. The fourth-order valence-electron chi connectivity index (χ4n) is 1.58. The van der Waals surface area contributed by atoms with E-state index in [1.807, 2.05) is 0 Å². The Balaban J connectivity index is 2.67. The van der Waals surface area contributed by atoms with E-state index in [1.165, 1.54) is 4.90 Å². The number of amides is 1. The molecule has 1 aliphatic heterocycles. The number of nitrogens with two attached hydrogens (primary N) is 1. The van der Waals surface area contributed by atoms with Crippen LogP contribution in [0.4, 0.5) is 0 Å². The number of carbonyl (C=O) groups is 2. The summed E-state index contributed by atoms with van der Waals surface area (Å²) in [5, 5.41) is 17.5. The minimum Gasteiger partial charge on any atom is -0.480 e. The van der Waals surface area contributed by atoms with E-state index in [1.54, 1.807) is 0 Å². The number of aliphatic hydroxyl groups is 1. The molecule has 0 aromatic rings. The minimum absolute atomic E-state index is 0.406. The summed E-state index contributed by atoms with van der Waals surface area (Å²) >= 11 is 0. The summed E-state index contributed by atoms with van der Waals surface area (Å²) < 4.78 is 0. The average Bonchev–Trinajstić information content (AvgIpc) is 2.63. The van der Waals surface area contributed by atoms with E-state index in [0.717, 1.165) is 0 Å². The van der Waals surface area contributed by atoms with E-state index >= 15 is 0 Å². The average molecular weight is 202 g/mol. The Bertz CT molecular complexity index is 243. The summed E-state index contributed by atoms with van der Waals surface area (Å²) in [4.78, 5) is 23.4. The lowest BCUT2D eigenvalue weighted by Gasteiger charge is -2.23. The number of aliphatic hydroxyl groups excluding tert-OH is 1. The molecular weight excluding hydrogens is 188 g/mol. The molecule has 14 heavy (non-hydrogen) atoms. The molecule has 0 aromatic carbocycles. The Kier molecular flexibility index (Phi) is 3.43. The lowest BCUT2D eigenvalue weighted by Crippen LogP contribution is -2.49.